The molecule has 0 fully saturated rings. The number of ether oxygens (including phenoxy) is 1. The van der Waals surface area contributed by atoms with Gasteiger partial charge in [-0.25, -0.2) is 0 Å². The van der Waals surface area contributed by atoms with Crippen molar-refractivity contribution in [2.45, 2.75) is 13.0 Å². The summed E-state index contributed by atoms with van der Waals surface area (Å²) in [5.41, 5.74) is 1.47. The summed E-state index contributed by atoms with van der Waals surface area (Å²) >= 11 is 0. The van der Waals surface area contributed by atoms with Crippen molar-refractivity contribution in [3.05, 3.63) is 76.1 Å². The summed E-state index contributed by atoms with van der Waals surface area (Å²) in [5, 5.41) is 3.36. The third-order valence-electron chi connectivity index (χ3n) is 4.00. The van der Waals surface area contributed by atoms with Crippen molar-refractivity contribution in [1.82, 2.24) is 10.3 Å². The van der Waals surface area contributed by atoms with Crippen LogP contribution in [0, 0.1) is 0 Å². The fraction of sp³-hybridized carbons (Fsp3) is 0.158. The highest BCUT2D eigenvalue weighted by molar-refractivity contribution is 5.97. The molecule has 0 saturated carbocycles. The number of carbonyl (C=O) groups excluding carboxylic acids is 1. The molecule has 24 heavy (non-hydrogen) atoms. The van der Waals surface area contributed by atoms with Crippen molar-refractivity contribution in [2.24, 2.45) is 0 Å². The molecule has 0 bridgehead atoms. The Bertz CT molecular complexity index is 929. The van der Waals surface area contributed by atoms with Crippen LogP contribution in [0.15, 0.2) is 59.5 Å². The lowest BCUT2D eigenvalue weighted by atomic mass is 10.1. The molecule has 0 aliphatic heterocycles. The quantitative estimate of drug-likeness (QED) is 0.775. The lowest BCUT2D eigenvalue weighted by Gasteiger charge is -2.14. The fourth-order valence-corrected chi connectivity index (χ4v) is 2.59. The molecule has 2 N–H and O–H groups in total. The fourth-order valence-electron chi connectivity index (χ4n) is 2.59. The third-order valence-corrected chi connectivity index (χ3v) is 4.00. The lowest BCUT2D eigenvalue weighted by molar-refractivity contribution is 0.0938. The summed E-state index contributed by atoms with van der Waals surface area (Å²) in [6.45, 7) is 1.87. The molecule has 1 heterocycles. The van der Waals surface area contributed by atoms with Gasteiger partial charge >= 0.3 is 0 Å². The molecule has 1 aromatic heterocycles. The number of methoxy groups -OCH3 is 1. The van der Waals surface area contributed by atoms with Crippen molar-refractivity contribution in [3.8, 4) is 5.75 Å². The number of rotatable bonds is 4. The minimum atomic E-state index is -0.398. The molecule has 3 rings (SSSR count). The lowest BCUT2D eigenvalue weighted by Crippen LogP contribution is -2.31. The van der Waals surface area contributed by atoms with Crippen LogP contribution in [-0.2, 0) is 0 Å². The second-order valence-electron chi connectivity index (χ2n) is 5.55. The zero-order chi connectivity index (χ0) is 17.1. The van der Waals surface area contributed by atoms with E-state index in [9.17, 15) is 9.59 Å². The Morgan fingerprint density at radius 3 is 2.54 bits per heavy atom. The first kappa shape index (κ1) is 15.8. The molecule has 0 saturated heterocycles. The van der Waals surface area contributed by atoms with Crippen LogP contribution >= 0.6 is 0 Å². The normalized spacial score (nSPS) is 11.9. The third kappa shape index (κ3) is 3.01. The molecule has 5 heteroatoms. The second kappa shape index (κ2) is 6.58. The number of aromatic amines is 1. The Morgan fingerprint density at radius 1 is 1.12 bits per heavy atom. The number of nitrogens with one attached hydrogen (secondary N) is 2. The van der Waals surface area contributed by atoms with Gasteiger partial charge in [0.25, 0.3) is 5.91 Å². The van der Waals surface area contributed by atoms with Gasteiger partial charge in [-0.3, -0.25) is 9.59 Å². The maximum Gasteiger partial charge on any atom is 0.257 e. The monoisotopic (exact) mass is 322 g/mol. The Morgan fingerprint density at radius 2 is 1.83 bits per heavy atom. The number of benzene rings is 2. The molecule has 3 aromatic rings. The molecule has 5 nitrogen and oxygen atoms in total. The zero-order valence-electron chi connectivity index (χ0n) is 13.5. The molecule has 0 spiro atoms. The van der Waals surface area contributed by atoms with Gasteiger partial charge in [0, 0.05) is 17.1 Å². The van der Waals surface area contributed by atoms with E-state index in [-0.39, 0.29) is 17.0 Å². The van der Waals surface area contributed by atoms with E-state index in [1.807, 2.05) is 37.3 Å². The highest BCUT2D eigenvalue weighted by Gasteiger charge is 2.16. The maximum absolute atomic E-state index is 12.5. The average molecular weight is 322 g/mol. The minimum Gasteiger partial charge on any atom is -0.497 e. The van der Waals surface area contributed by atoms with Gasteiger partial charge in [0.1, 0.15) is 11.3 Å². The number of carbonyl (C=O) groups is 1. The van der Waals surface area contributed by atoms with Gasteiger partial charge in [-0.05, 0) is 36.8 Å². The first-order valence-corrected chi connectivity index (χ1v) is 7.65. The zero-order valence-corrected chi connectivity index (χ0v) is 13.5. The van der Waals surface area contributed by atoms with Gasteiger partial charge in [-0.15, -0.1) is 0 Å². The van der Waals surface area contributed by atoms with Crippen molar-refractivity contribution in [2.75, 3.05) is 7.11 Å². The minimum absolute atomic E-state index is 0.106. The van der Waals surface area contributed by atoms with E-state index < -0.39 is 5.91 Å². The van der Waals surface area contributed by atoms with Gasteiger partial charge in [0.2, 0.25) is 5.43 Å². The summed E-state index contributed by atoms with van der Waals surface area (Å²) < 4.78 is 5.12. The van der Waals surface area contributed by atoms with E-state index in [0.29, 0.717) is 10.9 Å². The van der Waals surface area contributed by atoms with Crippen LogP contribution in [0.25, 0.3) is 10.9 Å². The van der Waals surface area contributed by atoms with Gasteiger partial charge < -0.3 is 15.0 Å². The maximum atomic E-state index is 12.5. The standard InChI is InChI=1S/C19H18N2O3/c1-12(13-7-9-14(24-2)10-8-13)21-19(23)16-11-20-17-6-4-3-5-15(17)18(16)22/h3-12H,1-2H3,(H,20,22)(H,21,23)/t12-/m0/s1. The summed E-state index contributed by atoms with van der Waals surface area (Å²) in [5.74, 6) is 0.355. The Labute approximate surface area is 139 Å². The first-order chi connectivity index (χ1) is 11.6. The van der Waals surface area contributed by atoms with E-state index in [4.69, 9.17) is 4.74 Å². The number of hydrogen-bond donors (Lipinski definition) is 2. The van der Waals surface area contributed by atoms with E-state index in [1.54, 1.807) is 25.3 Å². The number of para-hydroxylation sites is 1. The molecular formula is C19H18N2O3. The predicted octanol–water partition coefficient (Wildman–Crippen LogP) is 3.03. The predicted molar refractivity (Wildman–Crippen MR) is 93.4 cm³/mol. The van der Waals surface area contributed by atoms with Gasteiger partial charge in [0.15, 0.2) is 0 Å². The van der Waals surface area contributed by atoms with E-state index >= 15 is 0 Å². The largest absolute Gasteiger partial charge is 0.497 e. The molecule has 0 aliphatic carbocycles. The molecule has 0 radical (unpaired) electrons. The molecule has 2 aromatic carbocycles. The SMILES string of the molecule is COc1ccc([C@H](C)NC(=O)c2c[nH]c3ccccc3c2=O)cc1. The Kier molecular flexibility index (Phi) is 4.33. The molecule has 1 atom stereocenters. The molecule has 0 aliphatic rings. The summed E-state index contributed by atoms with van der Waals surface area (Å²) in [7, 11) is 1.60. The van der Waals surface area contributed by atoms with Crippen molar-refractivity contribution < 1.29 is 9.53 Å². The Balaban J connectivity index is 1.84. The first-order valence-electron chi connectivity index (χ1n) is 7.65. The highest BCUT2D eigenvalue weighted by atomic mass is 16.5. The van der Waals surface area contributed by atoms with E-state index in [2.05, 4.69) is 10.3 Å². The summed E-state index contributed by atoms with van der Waals surface area (Å²) in [4.78, 5) is 27.9. The van der Waals surface area contributed by atoms with Crippen molar-refractivity contribution in [1.29, 1.82) is 0 Å². The molecule has 0 unspecified atom stereocenters. The second-order valence-corrected chi connectivity index (χ2v) is 5.55. The van der Waals surface area contributed by atoms with Crippen LogP contribution in [0.3, 0.4) is 0 Å². The van der Waals surface area contributed by atoms with Crippen LogP contribution in [-0.4, -0.2) is 18.0 Å². The topological polar surface area (TPSA) is 71.2 Å². The summed E-state index contributed by atoms with van der Waals surface area (Å²) in [6, 6.07) is 14.3. The molecule has 1 amide bonds. The van der Waals surface area contributed by atoms with Crippen LogP contribution in [0.4, 0.5) is 0 Å². The molecular weight excluding hydrogens is 304 g/mol. The smallest absolute Gasteiger partial charge is 0.257 e. The van der Waals surface area contributed by atoms with Crippen LogP contribution in [0.2, 0.25) is 0 Å². The Hall–Kier alpha value is -3.08. The van der Waals surface area contributed by atoms with Crippen LogP contribution < -0.4 is 15.5 Å². The van der Waals surface area contributed by atoms with E-state index in [1.165, 1.54) is 6.20 Å². The average Bonchev–Trinajstić information content (AvgIpc) is 2.62. The number of amides is 1. The van der Waals surface area contributed by atoms with Crippen LogP contribution in [0.5, 0.6) is 5.75 Å². The van der Waals surface area contributed by atoms with Crippen molar-refractivity contribution >= 4 is 16.8 Å². The molecule has 122 valence electrons. The highest BCUT2D eigenvalue weighted by Crippen LogP contribution is 2.17. The van der Waals surface area contributed by atoms with Crippen LogP contribution in [0.1, 0.15) is 28.9 Å². The number of hydrogen-bond acceptors (Lipinski definition) is 3. The van der Waals surface area contributed by atoms with Gasteiger partial charge in [-0.2, -0.15) is 0 Å². The van der Waals surface area contributed by atoms with Gasteiger partial charge in [0.05, 0.1) is 13.2 Å². The number of aromatic nitrogens is 1. The summed E-state index contributed by atoms with van der Waals surface area (Å²) in [6.07, 6.45) is 1.46. The van der Waals surface area contributed by atoms with E-state index in [0.717, 1.165) is 11.3 Å². The number of pyridine rings is 1. The number of H-pyrrole nitrogens is 1. The van der Waals surface area contributed by atoms with Crippen molar-refractivity contribution in [3.63, 3.8) is 0 Å². The number of fused-ring (bicyclic) bond motifs is 1. The van der Waals surface area contributed by atoms with Gasteiger partial charge in [-0.1, -0.05) is 24.3 Å².